The minimum Gasteiger partial charge on any atom is -0.293 e. The molecule has 0 saturated heterocycles. The standard InChI is InChI=1S/C13H20N2O/c1-9(16)12-7-11(10-5-6-10)14-15(12)8-13(2,3)4/h7,10H,5-6,8H2,1-4H3. The van der Waals surface area contributed by atoms with Crippen LogP contribution in [0.3, 0.4) is 0 Å². The first-order chi connectivity index (χ1) is 7.37. The summed E-state index contributed by atoms with van der Waals surface area (Å²) >= 11 is 0. The summed E-state index contributed by atoms with van der Waals surface area (Å²) in [5, 5.41) is 4.57. The van der Waals surface area contributed by atoms with E-state index in [0.717, 1.165) is 17.9 Å². The van der Waals surface area contributed by atoms with Crippen molar-refractivity contribution in [1.82, 2.24) is 9.78 Å². The number of carbonyl (C=O) groups is 1. The van der Waals surface area contributed by atoms with Crippen molar-refractivity contribution in [2.75, 3.05) is 0 Å². The minimum absolute atomic E-state index is 0.114. The zero-order valence-electron chi connectivity index (χ0n) is 10.6. The second-order valence-corrected chi connectivity index (χ2v) is 6.00. The summed E-state index contributed by atoms with van der Waals surface area (Å²) in [4.78, 5) is 11.5. The van der Waals surface area contributed by atoms with E-state index in [1.165, 1.54) is 12.8 Å². The SMILES string of the molecule is CC(=O)c1cc(C2CC2)nn1CC(C)(C)C. The minimum atomic E-state index is 0.114. The van der Waals surface area contributed by atoms with E-state index in [0.29, 0.717) is 5.92 Å². The largest absolute Gasteiger partial charge is 0.293 e. The summed E-state index contributed by atoms with van der Waals surface area (Å²) in [7, 11) is 0. The van der Waals surface area contributed by atoms with Gasteiger partial charge in [0.05, 0.1) is 5.69 Å². The van der Waals surface area contributed by atoms with Crippen molar-refractivity contribution < 1.29 is 4.79 Å². The molecule has 3 heteroatoms. The summed E-state index contributed by atoms with van der Waals surface area (Å²) in [6.07, 6.45) is 2.45. The lowest BCUT2D eigenvalue weighted by Crippen LogP contribution is -2.19. The van der Waals surface area contributed by atoms with E-state index in [4.69, 9.17) is 0 Å². The average Bonchev–Trinajstić information content (AvgIpc) is 2.86. The van der Waals surface area contributed by atoms with Gasteiger partial charge in [-0.3, -0.25) is 9.48 Å². The summed E-state index contributed by atoms with van der Waals surface area (Å²) in [5.74, 6) is 0.725. The predicted molar refractivity (Wildman–Crippen MR) is 63.7 cm³/mol. The number of nitrogens with zero attached hydrogens (tertiary/aromatic N) is 2. The summed E-state index contributed by atoms with van der Waals surface area (Å²) in [6.45, 7) is 8.90. The molecule has 0 radical (unpaired) electrons. The van der Waals surface area contributed by atoms with Crippen molar-refractivity contribution in [3.63, 3.8) is 0 Å². The molecule has 1 aliphatic rings. The Balaban J connectivity index is 2.30. The third-order valence-corrected chi connectivity index (χ3v) is 2.78. The highest BCUT2D eigenvalue weighted by molar-refractivity contribution is 5.92. The predicted octanol–water partition coefficient (Wildman–Crippen LogP) is 3.01. The van der Waals surface area contributed by atoms with Gasteiger partial charge >= 0.3 is 0 Å². The van der Waals surface area contributed by atoms with Gasteiger partial charge in [0.1, 0.15) is 5.69 Å². The Labute approximate surface area is 96.8 Å². The van der Waals surface area contributed by atoms with Crippen LogP contribution in [0.15, 0.2) is 6.07 Å². The maximum absolute atomic E-state index is 11.5. The van der Waals surface area contributed by atoms with Gasteiger partial charge in [0.2, 0.25) is 0 Å². The number of carbonyl (C=O) groups excluding carboxylic acids is 1. The van der Waals surface area contributed by atoms with Gasteiger partial charge in [0.25, 0.3) is 0 Å². The topological polar surface area (TPSA) is 34.9 Å². The molecule has 1 fully saturated rings. The fourth-order valence-corrected chi connectivity index (χ4v) is 1.87. The highest BCUT2D eigenvalue weighted by Gasteiger charge is 2.28. The monoisotopic (exact) mass is 220 g/mol. The molecule has 0 atom stereocenters. The van der Waals surface area contributed by atoms with Crippen LogP contribution < -0.4 is 0 Å². The van der Waals surface area contributed by atoms with E-state index < -0.39 is 0 Å². The Bertz CT molecular complexity index is 408. The first-order valence-corrected chi connectivity index (χ1v) is 5.95. The molecule has 0 amide bonds. The molecule has 0 spiro atoms. The van der Waals surface area contributed by atoms with Crippen LogP contribution in [0.2, 0.25) is 0 Å². The van der Waals surface area contributed by atoms with E-state index in [1.807, 2.05) is 10.7 Å². The molecule has 0 aliphatic heterocycles. The fraction of sp³-hybridized carbons (Fsp3) is 0.692. The molecule has 0 bridgehead atoms. The lowest BCUT2D eigenvalue weighted by Gasteiger charge is -2.19. The molecule has 2 rings (SSSR count). The number of hydrogen-bond acceptors (Lipinski definition) is 2. The van der Waals surface area contributed by atoms with Crippen LogP contribution in [0, 0.1) is 5.41 Å². The highest BCUT2D eigenvalue weighted by atomic mass is 16.1. The first kappa shape index (κ1) is 11.4. The fourth-order valence-electron chi connectivity index (χ4n) is 1.87. The van der Waals surface area contributed by atoms with Crippen molar-refractivity contribution in [2.24, 2.45) is 5.41 Å². The molecule has 0 N–H and O–H groups in total. The maximum Gasteiger partial charge on any atom is 0.177 e. The smallest absolute Gasteiger partial charge is 0.177 e. The van der Waals surface area contributed by atoms with Gasteiger partial charge in [-0.15, -0.1) is 0 Å². The van der Waals surface area contributed by atoms with E-state index in [9.17, 15) is 4.79 Å². The number of aromatic nitrogens is 2. The molecule has 1 aromatic heterocycles. The van der Waals surface area contributed by atoms with Crippen molar-refractivity contribution in [3.05, 3.63) is 17.5 Å². The van der Waals surface area contributed by atoms with E-state index >= 15 is 0 Å². The summed E-state index contributed by atoms with van der Waals surface area (Å²) in [5.41, 5.74) is 2.02. The van der Waals surface area contributed by atoms with Crippen LogP contribution in [0.25, 0.3) is 0 Å². The molecule has 0 aromatic carbocycles. The normalized spacial score (nSPS) is 16.5. The Morgan fingerprint density at radius 2 is 2.12 bits per heavy atom. The van der Waals surface area contributed by atoms with Crippen LogP contribution in [0.1, 0.15) is 62.6 Å². The van der Waals surface area contributed by atoms with Crippen LogP contribution in [0.5, 0.6) is 0 Å². The Kier molecular flexibility index (Phi) is 2.64. The second kappa shape index (κ2) is 3.72. The summed E-state index contributed by atoms with van der Waals surface area (Å²) in [6, 6.07) is 1.98. The van der Waals surface area contributed by atoms with Gasteiger partial charge in [-0.2, -0.15) is 5.10 Å². The van der Waals surface area contributed by atoms with Crippen LogP contribution in [-0.2, 0) is 6.54 Å². The summed E-state index contributed by atoms with van der Waals surface area (Å²) < 4.78 is 1.88. The van der Waals surface area contributed by atoms with Crippen molar-refractivity contribution in [2.45, 2.75) is 53.0 Å². The number of rotatable bonds is 3. The van der Waals surface area contributed by atoms with Crippen LogP contribution >= 0.6 is 0 Å². The van der Waals surface area contributed by atoms with Gasteiger partial charge in [0, 0.05) is 19.4 Å². The quantitative estimate of drug-likeness (QED) is 0.734. The van der Waals surface area contributed by atoms with E-state index in [2.05, 4.69) is 25.9 Å². The molecule has 0 unspecified atom stereocenters. The molecular weight excluding hydrogens is 200 g/mol. The lowest BCUT2D eigenvalue weighted by molar-refractivity contribution is 0.100. The molecule has 1 heterocycles. The number of hydrogen-bond donors (Lipinski definition) is 0. The molecule has 16 heavy (non-hydrogen) atoms. The lowest BCUT2D eigenvalue weighted by atomic mass is 9.97. The molecule has 1 saturated carbocycles. The number of Topliss-reactive ketones (excluding diaryl/α,β-unsaturated/α-hetero) is 1. The molecule has 1 aromatic rings. The van der Waals surface area contributed by atoms with Gasteiger partial charge in [-0.05, 0) is 24.3 Å². The Morgan fingerprint density at radius 1 is 1.50 bits per heavy atom. The molecular formula is C13H20N2O. The maximum atomic E-state index is 11.5. The third-order valence-electron chi connectivity index (χ3n) is 2.78. The molecule has 1 aliphatic carbocycles. The van der Waals surface area contributed by atoms with Crippen LogP contribution in [0.4, 0.5) is 0 Å². The zero-order chi connectivity index (χ0) is 11.9. The van der Waals surface area contributed by atoms with Crippen molar-refractivity contribution in [3.8, 4) is 0 Å². The molecule has 3 nitrogen and oxygen atoms in total. The van der Waals surface area contributed by atoms with E-state index in [-0.39, 0.29) is 11.2 Å². The Hall–Kier alpha value is -1.12. The van der Waals surface area contributed by atoms with Crippen LogP contribution in [-0.4, -0.2) is 15.6 Å². The van der Waals surface area contributed by atoms with Crippen molar-refractivity contribution >= 4 is 5.78 Å². The zero-order valence-corrected chi connectivity index (χ0v) is 10.6. The second-order valence-electron chi connectivity index (χ2n) is 6.00. The van der Waals surface area contributed by atoms with Crippen molar-refractivity contribution in [1.29, 1.82) is 0 Å². The third kappa shape index (κ3) is 2.52. The van der Waals surface area contributed by atoms with E-state index in [1.54, 1.807) is 6.92 Å². The Morgan fingerprint density at radius 3 is 2.56 bits per heavy atom. The number of ketones is 1. The first-order valence-electron chi connectivity index (χ1n) is 5.95. The van der Waals surface area contributed by atoms with Gasteiger partial charge in [0.15, 0.2) is 5.78 Å². The van der Waals surface area contributed by atoms with Gasteiger partial charge in [-0.1, -0.05) is 20.8 Å². The van der Waals surface area contributed by atoms with Gasteiger partial charge in [-0.25, -0.2) is 0 Å². The van der Waals surface area contributed by atoms with Gasteiger partial charge < -0.3 is 0 Å². The molecule has 88 valence electrons. The average molecular weight is 220 g/mol. The highest BCUT2D eigenvalue weighted by Crippen LogP contribution is 2.39.